The molecule has 1 unspecified atom stereocenters. The molecule has 1 N–H and O–H groups in total. The van der Waals surface area contributed by atoms with Crippen molar-refractivity contribution in [3.8, 4) is 11.5 Å². The minimum absolute atomic E-state index is 0.110. The first-order valence-corrected chi connectivity index (χ1v) is 8.07. The Hall–Kier alpha value is -2.26. The summed E-state index contributed by atoms with van der Waals surface area (Å²) in [6.07, 6.45) is 7.22. The topological polar surface area (TPSA) is 38.7 Å². The number of hydrogen-bond acceptors (Lipinski definition) is 3. The highest BCUT2D eigenvalue weighted by Gasteiger charge is 2.15. The number of rotatable bonds is 4. The predicted molar refractivity (Wildman–Crippen MR) is 92.4 cm³/mol. The van der Waals surface area contributed by atoms with Crippen LogP contribution in [0, 0.1) is 6.92 Å². The molecule has 120 valence electrons. The van der Waals surface area contributed by atoms with Crippen molar-refractivity contribution in [1.82, 2.24) is 0 Å². The van der Waals surface area contributed by atoms with Crippen LogP contribution in [0.4, 0.5) is 0 Å². The van der Waals surface area contributed by atoms with Crippen LogP contribution in [0.3, 0.4) is 0 Å². The van der Waals surface area contributed by atoms with Gasteiger partial charge < -0.3 is 14.6 Å². The van der Waals surface area contributed by atoms with E-state index in [0.717, 1.165) is 48.3 Å². The van der Waals surface area contributed by atoms with Gasteiger partial charge in [0.25, 0.3) is 0 Å². The molecule has 3 rings (SSSR count). The molecule has 1 atom stereocenters. The number of ether oxygens (including phenoxy) is 2. The van der Waals surface area contributed by atoms with Crippen molar-refractivity contribution in [2.24, 2.45) is 0 Å². The summed E-state index contributed by atoms with van der Waals surface area (Å²) in [5.74, 6) is 1.17. The number of phenols is 1. The molecule has 1 heterocycles. The summed E-state index contributed by atoms with van der Waals surface area (Å²) in [5.41, 5.74) is 3.27. The number of phenolic OH excluding ortho intramolecular Hbond substituents is 1. The molecule has 0 aromatic heterocycles. The Kier molecular flexibility index (Phi) is 4.99. The first kappa shape index (κ1) is 15.6. The Bertz CT molecular complexity index is 668. The van der Waals surface area contributed by atoms with E-state index in [2.05, 4.69) is 19.1 Å². The van der Waals surface area contributed by atoms with E-state index in [1.807, 2.05) is 30.3 Å². The molecule has 0 amide bonds. The van der Waals surface area contributed by atoms with Crippen molar-refractivity contribution in [1.29, 1.82) is 0 Å². The van der Waals surface area contributed by atoms with Crippen molar-refractivity contribution in [2.45, 2.75) is 32.5 Å². The Morgan fingerprint density at radius 2 is 1.78 bits per heavy atom. The third kappa shape index (κ3) is 4.36. The Morgan fingerprint density at radius 1 is 1.04 bits per heavy atom. The summed E-state index contributed by atoms with van der Waals surface area (Å²) < 4.78 is 11.6. The van der Waals surface area contributed by atoms with Gasteiger partial charge in [-0.1, -0.05) is 30.4 Å². The second kappa shape index (κ2) is 7.34. The molecule has 0 bridgehead atoms. The van der Waals surface area contributed by atoms with Crippen LogP contribution in [-0.4, -0.2) is 18.0 Å². The molecule has 1 saturated heterocycles. The van der Waals surface area contributed by atoms with Gasteiger partial charge >= 0.3 is 0 Å². The summed E-state index contributed by atoms with van der Waals surface area (Å²) in [5, 5.41) is 9.30. The second-order valence-corrected chi connectivity index (χ2v) is 5.86. The molecule has 1 aliphatic heterocycles. The minimum atomic E-state index is -0.110. The fourth-order valence-corrected chi connectivity index (χ4v) is 2.63. The fourth-order valence-electron chi connectivity index (χ4n) is 2.63. The molecule has 3 nitrogen and oxygen atoms in total. The molecular formula is C20H22O3. The summed E-state index contributed by atoms with van der Waals surface area (Å²) in [4.78, 5) is 0. The van der Waals surface area contributed by atoms with Gasteiger partial charge in [-0.25, -0.2) is 0 Å². The number of aryl methyl sites for hydroxylation is 1. The third-order valence-corrected chi connectivity index (χ3v) is 3.96. The van der Waals surface area contributed by atoms with Gasteiger partial charge in [0.2, 0.25) is 0 Å². The van der Waals surface area contributed by atoms with Crippen LogP contribution >= 0.6 is 0 Å². The Morgan fingerprint density at radius 3 is 2.48 bits per heavy atom. The quantitative estimate of drug-likeness (QED) is 0.826. The van der Waals surface area contributed by atoms with Crippen molar-refractivity contribution >= 4 is 12.2 Å². The summed E-state index contributed by atoms with van der Waals surface area (Å²) >= 11 is 0. The van der Waals surface area contributed by atoms with Crippen molar-refractivity contribution < 1.29 is 14.6 Å². The van der Waals surface area contributed by atoms with Crippen molar-refractivity contribution in [2.75, 3.05) is 6.61 Å². The predicted octanol–water partition coefficient (Wildman–Crippen LogP) is 4.78. The van der Waals surface area contributed by atoms with E-state index in [0.29, 0.717) is 0 Å². The van der Waals surface area contributed by atoms with Crippen LogP contribution in [0.25, 0.3) is 12.2 Å². The molecule has 0 saturated carbocycles. The third-order valence-electron chi connectivity index (χ3n) is 3.96. The summed E-state index contributed by atoms with van der Waals surface area (Å²) in [6.45, 7) is 2.84. The largest absolute Gasteiger partial charge is 0.508 e. The van der Waals surface area contributed by atoms with E-state index in [1.165, 1.54) is 0 Å². The monoisotopic (exact) mass is 310 g/mol. The van der Waals surface area contributed by atoms with Gasteiger partial charge in [0.15, 0.2) is 6.29 Å². The van der Waals surface area contributed by atoms with Crippen LogP contribution in [0.5, 0.6) is 11.5 Å². The van der Waals surface area contributed by atoms with Gasteiger partial charge in [-0.3, -0.25) is 0 Å². The average molecular weight is 310 g/mol. The van der Waals surface area contributed by atoms with E-state index in [-0.39, 0.29) is 12.0 Å². The zero-order valence-corrected chi connectivity index (χ0v) is 13.4. The lowest BCUT2D eigenvalue weighted by Gasteiger charge is -2.24. The fraction of sp³-hybridized carbons (Fsp3) is 0.300. The molecule has 23 heavy (non-hydrogen) atoms. The van der Waals surface area contributed by atoms with E-state index < -0.39 is 0 Å². The lowest BCUT2D eigenvalue weighted by molar-refractivity contribution is -0.106. The standard InChI is InChI=1S/C20H22O3/c1-15-14-17(6-5-16-7-10-18(21)11-8-16)9-12-19(15)23-20-4-2-3-13-22-20/h5-12,14,20-21H,2-4,13H2,1H3. The highest BCUT2D eigenvalue weighted by molar-refractivity contribution is 5.70. The van der Waals surface area contributed by atoms with Crippen LogP contribution in [0.15, 0.2) is 42.5 Å². The van der Waals surface area contributed by atoms with E-state index in [1.54, 1.807) is 12.1 Å². The molecule has 2 aromatic carbocycles. The van der Waals surface area contributed by atoms with Crippen LogP contribution in [0.1, 0.15) is 36.0 Å². The van der Waals surface area contributed by atoms with Gasteiger partial charge in [-0.2, -0.15) is 0 Å². The normalized spacial score (nSPS) is 18.2. The van der Waals surface area contributed by atoms with E-state index in [9.17, 15) is 5.11 Å². The average Bonchev–Trinajstić information content (AvgIpc) is 2.57. The van der Waals surface area contributed by atoms with E-state index in [4.69, 9.17) is 9.47 Å². The number of aromatic hydroxyl groups is 1. The highest BCUT2D eigenvalue weighted by atomic mass is 16.7. The maximum absolute atomic E-state index is 9.30. The van der Waals surface area contributed by atoms with Crippen molar-refractivity contribution in [3.05, 3.63) is 59.2 Å². The second-order valence-electron chi connectivity index (χ2n) is 5.86. The van der Waals surface area contributed by atoms with Crippen LogP contribution < -0.4 is 4.74 Å². The highest BCUT2D eigenvalue weighted by Crippen LogP contribution is 2.24. The van der Waals surface area contributed by atoms with Gasteiger partial charge in [0.05, 0.1) is 6.61 Å². The van der Waals surface area contributed by atoms with Crippen LogP contribution in [-0.2, 0) is 4.74 Å². The van der Waals surface area contributed by atoms with Gasteiger partial charge in [-0.05, 0) is 60.7 Å². The Labute approximate surface area is 137 Å². The SMILES string of the molecule is Cc1cc(C=Cc2ccc(O)cc2)ccc1OC1CCCCO1. The first-order chi connectivity index (χ1) is 11.2. The molecule has 0 spiro atoms. The smallest absolute Gasteiger partial charge is 0.199 e. The molecule has 3 heteroatoms. The molecule has 1 aliphatic rings. The molecular weight excluding hydrogens is 288 g/mol. The number of benzene rings is 2. The summed E-state index contributed by atoms with van der Waals surface area (Å²) in [7, 11) is 0. The maximum atomic E-state index is 9.30. The van der Waals surface area contributed by atoms with Gasteiger partial charge in [-0.15, -0.1) is 0 Å². The maximum Gasteiger partial charge on any atom is 0.199 e. The first-order valence-electron chi connectivity index (χ1n) is 8.07. The van der Waals surface area contributed by atoms with Gasteiger partial charge in [0.1, 0.15) is 11.5 Å². The zero-order chi connectivity index (χ0) is 16.1. The molecule has 2 aromatic rings. The molecule has 0 aliphatic carbocycles. The summed E-state index contributed by atoms with van der Waals surface area (Å²) in [6, 6.07) is 13.3. The lowest BCUT2D eigenvalue weighted by Crippen LogP contribution is -2.25. The van der Waals surface area contributed by atoms with E-state index >= 15 is 0 Å². The minimum Gasteiger partial charge on any atom is -0.508 e. The molecule has 1 fully saturated rings. The van der Waals surface area contributed by atoms with Crippen LogP contribution in [0.2, 0.25) is 0 Å². The zero-order valence-electron chi connectivity index (χ0n) is 13.4. The number of hydrogen-bond donors (Lipinski definition) is 1. The molecule has 0 radical (unpaired) electrons. The lowest BCUT2D eigenvalue weighted by atomic mass is 10.1. The van der Waals surface area contributed by atoms with Gasteiger partial charge in [0, 0.05) is 6.42 Å². The van der Waals surface area contributed by atoms with Crippen molar-refractivity contribution in [3.63, 3.8) is 0 Å². The Balaban J connectivity index is 1.67.